The van der Waals surface area contributed by atoms with Gasteiger partial charge in [-0.1, -0.05) is 244 Å². The van der Waals surface area contributed by atoms with Gasteiger partial charge in [-0.05, 0) is 38.5 Å². The number of rotatable bonds is 46. The molecule has 55 heavy (non-hydrogen) atoms. The van der Waals surface area contributed by atoms with Crippen molar-refractivity contribution >= 4 is 5.91 Å². The first kappa shape index (κ1) is 54.1. The molecule has 3 atom stereocenters. The quantitative estimate of drug-likeness (QED) is 0.0366. The molecule has 0 radical (unpaired) electrons. The summed E-state index contributed by atoms with van der Waals surface area (Å²) >= 11 is 0. The Morgan fingerprint density at radius 1 is 0.436 bits per heavy atom. The highest BCUT2D eigenvalue weighted by atomic mass is 16.3. The molecular formula is C50H99NO4. The molecule has 5 heteroatoms. The van der Waals surface area contributed by atoms with Gasteiger partial charge in [0.25, 0.3) is 0 Å². The van der Waals surface area contributed by atoms with Gasteiger partial charge in [0.15, 0.2) is 0 Å². The van der Waals surface area contributed by atoms with Gasteiger partial charge in [-0.3, -0.25) is 4.79 Å². The van der Waals surface area contributed by atoms with Crippen LogP contribution in [-0.4, -0.2) is 46.1 Å². The van der Waals surface area contributed by atoms with Crippen molar-refractivity contribution in [3.8, 4) is 0 Å². The fourth-order valence-electron chi connectivity index (χ4n) is 7.99. The molecule has 0 aliphatic rings. The lowest BCUT2D eigenvalue weighted by Gasteiger charge is -2.26. The molecule has 1 amide bonds. The van der Waals surface area contributed by atoms with Crippen LogP contribution in [0.1, 0.15) is 277 Å². The van der Waals surface area contributed by atoms with E-state index >= 15 is 0 Å². The van der Waals surface area contributed by atoms with E-state index in [9.17, 15) is 20.1 Å². The summed E-state index contributed by atoms with van der Waals surface area (Å²) in [5, 5.41) is 33.6. The Morgan fingerprint density at radius 3 is 1.05 bits per heavy atom. The summed E-state index contributed by atoms with van der Waals surface area (Å²) in [4.78, 5) is 12.4. The molecule has 5 nitrogen and oxygen atoms in total. The topological polar surface area (TPSA) is 89.8 Å². The fourth-order valence-corrected chi connectivity index (χ4v) is 7.99. The molecule has 328 valence electrons. The number of carbonyl (C=O) groups is 1. The van der Waals surface area contributed by atoms with Gasteiger partial charge < -0.3 is 20.6 Å². The minimum atomic E-state index is -1.15. The highest BCUT2D eigenvalue weighted by molar-refractivity contribution is 5.76. The second-order valence-electron chi connectivity index (χ2n) is 17.4. The molecule has 0 bridgehead atoms. The molecule has 0 aromatic rings. The number of hydrogen-bond acceptors (Lipinski definition) is 4. The molecule has 0 aliphatic heterocycles. The van der Waals surface area contributed by atoms with Crippen LogP contribution in [0, 0.1) is 0 Å². The van der Waals surface area contributed by atoms with Gasteiger partial charge in [0.1, 0.15) is 6.10 Å². The van der Waals surface area contributed by atoms with Crippen LogP contribution < -0.4 is 5.32 Å². The summed E-state index contributed by atoms with van der Waals surface area (Å²) in [5.41, 5.74) is 0. The Kier molecular flexibility index (Phi) is 45.0. The molecule has 0 saturated carbocycles. The number of carbonyl (C=O) groups excluding carboxylic acids is 1. The van der Waals surface area contributed by atoms with E-state index in [1.54, 1.807) is 0 Å². The maximum absolute atomic E-state index is 12.4. The number of allylic oxidation sites excluding steroid dienone is 2. The predicted molar refractivity (Wildman–Crippen MR) is 241 cm³/mol. The smallest absolute Gasteiger partial charge is 0.220 e. The molecule has 0 rings (SSSR count). The molecule has 3 unspecified atom stereocenters. The van der Waals surface area contributed by atoms with Crippen LogP contribution in [0.15, 0.2) is 12.2 Å². The van der Waals surface area contributed by atoms with Gasteiger partial charge in [0.2, 0.25) is 5.91 Å². The first-order valence-corrected chi connectivity index (χ1v) is 25.0. The van der Waals surface area contributed by atoms with E-state index in [2.05, 4.69) is 31.3 Å². The largest absolute Gasteiger partial charge is 0.394 e. The van der Waals surface area contributed by atoms with Crippen LogP contribution in [-0.2, 0) is 4.79 Å². The Balaban J connectivity index is 3.58. The Bertz CT molecular complexity index is 773. The first-order valence-electron chi connectivity index (χ1n) is 25.0. The predicted octanol–water partition coefficient (Wildman–Crippen LogP) is 14.8. The van der Waals surface area contributed by atoms with Crippen molar-refractivity contribution in [2.45, 2.75) is 295 Å². The molecule has 0 heterocycles. The van der Waals surface area contributed by atoms with Crippen LogP contribution >= 0.6 is 0 Å². The molecule has 0 saturated heterocycles. The highest BCUT2D eigenvalue weighted by Crippen LogP contribution is 2.17. The minimum absolute atomic E-state index is 0.149. The molecule has 4 N–H and O–H groups in total. The summed E-state index contributed by atoms with van der Waals surface area (Å²) in [6, 6.07) is -0.821. The van der Waals surface area contributed by atoms with Crippen molar-refractivity contribution in [2.75, 3.05) is 6.61 Å². The first-order chi connectivity index (χ1) is 27.1. The van der Waals surface area contributed by atoms with E-state index in [0.717, 1.165) is 38.5 Å². The van der Waals surface area contributed by atoms with Crippen LogP contribution in [0.3, 0.4) is 0 Å². The maximum Gasteiger partial charge on any atom is 0.220 e. The van der Waals surface area contributed by atoms with Gasteiger partial charge >= 0.3 is 0 Å². The van der Waals surface area contributed by atoms with Crippen molar-refractivity contribution in [1.29, 1.82) is 0 Å². The third kappa shape index (κ3) is 41.1. The highest BCUT2D eigenvalue weighted by Gasteiger charge is 2.26. The van der Waals surface area contributed by atoms with Crippen molar-refractivity contribution in [3.63, 3.8) is 0 Å². The second-order valence-corrected chi connectivity index (χ2v) is 17.4. The number of nitrogens with one attached hydrogen (secondary N) is 1. The van der Waals surface area contributed by atoms with E-state index in [0.29, 0.717) is 12.8 Å². The minimum Gasteiger partial charge on any atom is -0.394 e. The van der Waals surface area contributed by atoms with Gasteiger partial charge in [-0.2, -0.15) is 0 Å². The molecule has 0 fully saturated rings. The summed E-state index contributed by atoms with van der Waals surface area (Å²) in [6.07, 6.45) is 54.9. The van der Waals surface area contributed by atoms with Crippen molar-refractivity contribution in [3.05, 3.63) is 12.2 Å². The lowest BCUT2D eigenvalue weighted by molar-refractivity contribution is -0.124. The number of amides is 1. The van der Waals surface area contributed by atoms with E-state index < -0.39 is 18.2 Å². The zero-order valence-electron chi connectivity index (χ0n) is 37.3. The molecule has 0 spiro atoms. The fraction of sp³-hybridized carbons (Fsp3) is 0.940. The number of aliphatic hydroxyl groups excluding tert-OH is 3. The average molecular weight is 778 g/mol. The number of aliphatic hydroxyl groups is 3. The zero-order valence-corrected chi connectivity index (χ0v) is 37.3. The summed E-state index contributed by atoms with van der Waals surface area (Å²) in [6.45, 7) is 4.20. The molecular weight excluding hydrogens is 679 g/mol. The van der Waals surface area contributed by atoms with Gasteiger partial charge in [0.05, 0.1) is 18.8 Å². The van der Waals surface area contributed by atoms with Crippen LogP contribution in [0.5, 0.6) is 0 Å². The zero-order chi connectivity index (χ0) is 40.1. The number of hydrogen-bond donors (Lipinski definition) is 4. The number of unbranched alkanes of at least 4 members (excludes halogenated alkanes) is 36. The summed E-state index contributed by atoms with van der Waals surface area (Å²) in [7, 11) is 0. The average Bonchev–Trinajstić information content (AvgIpc) is 3.19. The lowest BCUT2D eigenvalue weighted by Crippen LogP contribution is -2.50. The van der Waals surface area contributed by atoms with E-state index in [1.165, 1.54) is 212 Å². The third-order valence-corrected chi connectivity index (χ3v) is 11.9. The second kappa shape index (κ2) is 45.8. The van der Waals surface area contributed by atoms with E-state index in [4.69, 9.17) is 0 Å². The van der Waals surface area contributed by atoms with E-state index in [1.807, 2.05) is 0 Å². The summed E-state index contributed by atoms with van der Waals surface area (Å²) in [5.74, 6) is -0.149. The molecule has 0 aliphatic carbocycles. The summed E-state index contributed by atoms with van der Waals surface area (Å²) < 4.78 is 0. The van der Waals surface area contributed by atoms with Crippen LogP contribution in [0.4, 0.5) is 0 Å². The molecule has 0 aromatic heterocycles. The van der Waals surface area contributed by atoms with Crippen molar-refractivity contribution < 1.29 is 20.1 Å². The van der Waals surface area contributed by atoms with Crippen LogP contribution in [0.2, 0.25) is 0 Å². The van der Waals surface area contributed by atoms with Crippen LogP contribution in [0.25, 0.3) is 0 Å². The normalized spacial score (nSPS) is 13.5. The van der Waals surface area contributed by atoms with Crippen molar-refractivity contribution in [2.24, 2.45) is 0 Å². The Labute approximate surface area is 344 Å². The monoisotopic (exact) mass is 778 g/mol. The maximum atomic E-state index is 12.4. The lowest BCUT2D eigenvalue weighted by atomic mass is 10.0. The van der Waals surface area contributed by atoms with Gasteiger partial charge in [-0.25, -0.2) is 0 Å². The van der Waals surface area contributed by atoms with Gasteiger partial charge in [-0.15, -0.1) is 0 Å². The SMILES string of the molecule is CCCCCCCCCCCCCCCCCCCCC/C=C/CCCC(O)C(O)C(CO)NC(=O)CCCCCCCCCCCCCCCCCCC. The Morgan fingerprint density at radius 2 is 0.727 bits per heavy atom. The molecule has 0 aromatic carbocycles. The van der Waals surface area contributed by atoms with Crippen molar-refractivity contribution in [1.82, 2.24) is 5.32 Å². The van der Waals surface area contributed by atoms with E-state index in [-0.39, 0.29) is 12.5 Å². The Hall–Kier alpha value is -0.910. The third-order valence-electron chi connectivity index (χ3n) is 11.9. The van der Waals surface area contributed by atoms with Gasteiger partial charge in [0, 0.05) is 6.42 Å². The standard InChI is InChI=1S/C50H99NO4/c1-3-5-7-9-11-13-15-17-19-21-22-23-24-25-26-27-29-30-32-34-36-38-40-42-44-48(53)50(55)47(46-52)51-49(54)45-43-41-39-37-35-33-31-28-20-18-16-14-12-10-8-6-4-2/h36,38,47-48,50,52-53,55H,3-35,37,39-46H2,1-2H3,(H,51,54)/b38-36+.